The molecule has 2 rings (SSSR count). The zero-order chi connectivity index (χ0) is 16.7. The highest BCUT2D eigenvalue weighted by molar-refractivity contribution is 7.88. The van der Waals surface area contributed by atoms with Crippen LogP contribution in [-0.2, 0) is 26.1 Å². The van der Waals surface area contributed by atoms with Crippen molar-refractivity contribution in [3.05, 3.63) is 30.1 Å². The largest absolute Gasteiger partial charge is 0.381 e. The van der Waals surface area contributed by atoms with E-state index in [-0.39, 0.29) is 31.5 Å². The highest BCUT2D eigenvalue weighted by Crippen LogP contribution is 2.14. The van der Waals surface area contributed by atoms with E-state index in [0.29, 0.717) is 18.9 Å². The molecule has 7 nitrogen and oxygen atoms in total. The average Bonchev–Trinajstić information content (AvgIpc) is 2.54. The van der Waals surface area contributed by atoms with Gasteiger partial charge in [-0.2, -0.15) is 4.31 Å². The molecule has 128 valence electrons. The maximum Gasteiger partial charge on any atom is 0.223 e. The predicted octanol–water partition coefficient (Wildman–Crippen LogP) is 0.386. The van der Waals surface area contributed by atoms with Crippen molar-refractivity contribution in [3.63, 3.8) is 0 Å². The quantitative estimate of drug-likeness (QED) is 0.775. The third kappa shape index (κ3) is 5.89. The summed E-state index contributed by atoms with van der Waals surface area (Å²) in [5.74, 6) is -0.0641. The van der Waals surface area contributed by atoms with Gasteiger partial charge in [0.15, 0.2) is 0 Å². The molecule has 1 aliphatic heterocycles. The standard InChI is InChI=1S/C15H23N3O4S/c1-23(20,21)18(12-14-4-2-3-7-16-14)9-8-17-15(19)13-5-10-22-11-6-13/h2-4,7,13H,5-6,8-12H2,1H3,(H,17,19). The van der Waals surface area contributed by atoms with Crippen LogP contribution in [0.1, 0.15) is 18.5 Å². The second-order valence-corrected chi connectivity index (χ2v) is 7.58. The Labute approximate surface area is 137 Å². The van der Waals surface area contributed by atoms with Gasteiger partial charge in [-0.15, -0.1) is 0 Å². The summed E-state index contributed by atoms with van der Waals surface area (Å²) in [5.41, 5.74) is 0.675. The Balaban J connectivity index is 1.85. The van der Waals surface area contributed by atoms with Crippen molar-refractivity contribution in [2.45, 2.75) is 19.4 Å². The third-order valence-corrected chi connectivity index (χ3v) is 5.04. The lowest BCUT2D eigenvalue weighted by molar-refractivity contribution is -0.127. The summed E-state index contributed by atoms with van der Waals surface area (Å²) in [6, 6.07) is 5.37. The molecule has 1 N–H and O–H groups in total. The van der Waals surface area contributed by atoms with Crippen molar-refractivity contribution in [3.8, 4) is 0 Å². The molecule has 0 unspecified atom stereocenters. The first-order chi connectivity index (χ1) is 11.0. The van der Waals surface area contributed by atoms with Crippen LogP contribution in [0.3, 0.4) is 0 Å². The molecule has 1 fully saturated rings. The van der Waals surface area contributed by atoms with E-state index in [1.54, 1.807) is 18.3 Å². The van der Waals surface area contributed by atoms with E-state index in [1.165, 1.54) is 4.31 Å². The second-order valence-electron chi connectivity index (χ2n) is 5.60. The Morgan fingerprint density at radius 2 is 2.13 bits per heavy atom. The van der Waals surface area contributed by atoms with Gasteiger partial charge in [0.05, 0.1) is 18.5 Å². The van der Waals surface area contributed by atoms with Crippen LogP contribution in [0.25, 0.3) is 0 Å². The summed E-state index contributed by atoms with van der Waals surface area (Å²) < 4.78 is 30.3. The van der Waals surface area contributed by atoms with Crippen LogP contribution in [0.5, 0.6) is 0 Å². The van der Waals surface area contributed by atoms with Gasteiger partial charge >= 0.3 is 0 Å². The van der Waals surface area contributed by atoms with Crippen molar-refractivity contribution < 1.29 is 17.9 Å². The number of nitrogens with one attached hydrogen (secondary N) is 1. The molecule has 1 aromatic heterocycles. The number of hydrogen-bond donors (Lipinski definition) is 1. The summed E-state index contributed by atoms with van der Waals surface area (Å²) in [6.45, 7) is 1.92. The second kappa shape index (κ2) is 8.37. The number of pyridine rings is 1. The molecule has 0 spiro atoms. The number of aromatic nitrogens is 1. The molecule has 23 heavy (non-hydrogen) atoms. The highest BCUT2D eigenvalue weighted by atomic mass is 32.2. The number of carbonyl (C=O) groups excluding carboxylic acids is 1. The van der Waals surface area contributed by atoms with Crippen molar-refractivity contribution in [1.29, 1.82) is 0 Å². The number of nitrogens with zero attached hydrogens (tertiary/aromatic N) is 2. The van der Waals surface area contributed by atoms with Gasteiger partial charge in [-0.1, -0.05) is 6.07 Å². The van der Waals surface area contributed by atoms with Crippen LogP contribution >= 0.6 is 0 Å². The molecule has 0 atom stereocenters. The van der Waals surface area contributed by atoms with Crippen molar-refractivity contribution in [2.24, 2.45) is 5.92 Å². The smallest absolute Gasteiger partial charge is 0.223 e. The lowest BCUT2D eigenvalue weighted by atomic mass is 9.99. The van der Waals surface area contributed by atoms with Gasteiger partial charge in [0.25, 0.3) is 0 Å². The maximum atomic E-state index is 12.0. The Morgan fingerprint density at radius 1 is 1.39 bits per heavy atom. The van der Waals surface area contributed by atoms with Crippen molar-refractivity contribution in [1.82, 2.24) is 14.6 Å². The Bertz CT molecular complexity index is 600. The summed E-state index contributed by atoms with van der Waals surface area (Å²) >= 11 is 0. The van der Waals surface area contributed by atoms with Gasteiger partial charge in [0.1, 0.15) is 0 Å². The van der Waals surface area contributed by atoms with Crippen molar-refractivity contribution in [2.75, 3.05) is 32.6 Å². The minimum Gasteiger partial charge on any atom is -0.381 e. The fraction of sp³-hybridized carbons (Fsp3) is 0.600. The molecule has 0 aliphatic carbocycles. The molecule has 1 saturated heterocycles. The number of rotatable bonds is 7. The van der Waals surface area contributed by atoms with Gasteiger partial charge in [-0.3, -0.25) is 9.78 Å². The van der Waals surface area contributed by atoms with Gasteiger partial charge in [-0.05, 0) is 25.0 Å². The first-order valence-corrected chi connectivity index (χ1v) is 9.52. The van der Waals surface area contributed by atoms with E-state index in [0.717, 1.165) is 19.1 Å². The molecular weight excluding hydrogens is 318 g/mol. The van der Waals surface area contributed by atoms with Gasteiger partial charge < -0.3 is 10.1 Å². The van der Waals surface area contributed by atoms with Crippen molar-refractivity contribution >= 4 is 15.9 Å². The lowest BCUT2D eigenvalue weighted by Gasteiger charge is -2.23. The van der Waals surface area contributed by atoms with E-state index in [4.69, 9.17) is 4.74 Å². The first-order valence-electron chi connectivity index (χ1n) is 7.67. The number of sulfonamides is 1. The molecule has 1 aliphatic rings. The normalized spacial score (nSPS) is 16.4. The van der Waals surface area contributed by atoms with Crippen LogP contribution in [0, 0.1) is 5.92 Å². The molecule has 0 saturated carbocycles. The van der Waals surface area contributed by atoms with E-state index < -0.39 is 10.0 Å². The topological polar surface area (TPSA) is 88.6 Å². The minimum absolute atomic E-state index is 0.0282. The summed E-state index contributed by atoms with van der Waals surface area (Å²) in [7, 11) is -3.36. The third-order valence-electron chi connectivity index (χ3n) is 3.79. The molecule has 0 aromatic carbocycles. The lowest BCUT2D eigenvalue weighted by Crippen LogP contribution is -2.40. The van der Waals surface area contributed by atoms with E-state index >= 15 is 0 Å². The summed E-state index contributed by atoms with van der Waals surface area (Å²) in [5, 5.41) is 2.82. The van der Waals surface area contributed by atoms with Crippen LogP contribution in [0.4, 0.5) is 0 Å². The fourth-order valence-corrected chi connectivity index (χ4v) is 3.23. The molecule has 1 aromatic rings. The highest BCUT2D eigenvalue weighted by Gasteiger charge is 2.22. The molecule has 1 amide bonds. The number of hydrogen-bond acceptors (Lipinski definition) is 5. The molecule has 0 radical (unpaired) electrons. The zero-order valence-corrected chi connectivity index (χ0v) is 14.1. The fourth-order valence-electron chi connectivity index (χ4n) is 2.44. The monoisotopic (exact) mass is 341 g/mol. The van der Waals surface area contributed by atoms with Gasteiger partial charge in [-0.25, -0.2) is 8.42 Å². The average molecular weight is 341 g/mol. The van der Waals surface area contributed by atoms with E-state index in [9.17, 15) is 13.2 Å². The summed E-state index contributed by atoms with van der Waals surface area (Å²) in [4.78, 5) is 16.2. The van der Waals surface area contributed by atoms with E-state index in [1.807, 2.05) is 6.07 Å². The Hall–Kier alpha value is -1.51. The Kier molecular flexibility index (Phi) is 6.49. The van der Waals surface area contributed by atoms with Crippen LogP contribution in [-0.4, -0.2) is 56.2 Å². The number of amides is 1. The first kappa shape index (κ1) is 17.8. The van der Waals surface area contributed by atoms with Crippen LogP contribution < -0.4 is 5.32 Å². The molecule has 0 bridgehead atoms. The van der Waals surface area contributed by atoms with Gasteiger partial charge in [0, 0.05) is 38.4 Å². The zero-order valence-electron chi connectivity index (χ0n) is 13.3. The van der Waals surface area contributed by atoms with Crippen LogP contribution in [0.2, 0.25) is 0 Å². The number of carbonyl (C=O) groups is 1. The van der Waals surface area contributed by atoms with E-state index in [2.05, 4.69) is 10.3 Å². The van der Waals surface area contributed by atoms with Crippen LogP contribution in [0.15, 0.2) is 24.4 Å². The van der Waals surface area contributed by atoms with Gasteiger partial charge in [0.2, 0.25) is 15.9 Å². The molecule has 2 heterocycles. The summed E-state index contributed by atoms with van der Waals surface area (Å²) in [6.07, 6.45) is 4.23. The SMILES string of the molecule is CS(=O)(=O)N(CCNC(=O)C1CCOCC1)Cc1ccccn1. The molecule has 8 heteroatoms. The Morgan fingerprint density at radius 3 is 2.74 bits per heavy atom. The predicted molar refractivity (Wildman–Crippen MR) is 86.0 cm³/mol. The maximum absolute atomic E-state index is 12.0. The minimum atomic E-state index is -3.36. The molecular formula is C15H23N3O4S. The number of ether oxygens (including phenoxy) is 1.